The minimum atomic E-state index is -5.01. The molecular weight excluding hydrogens is 559 g/mol. The Morgan fingerprint density at radius 3 is 1.46 bits per heavy atom. The number of hydrogen-bond acceptors (Lipinski definition) is 10. The fourth-order valence-corrected chi connectivity index (χ4v) is 4.41. The van der Waals surface area contributed by atoms with Gasteiger partial charge in [0, 0.05) is 7.11 Å². The van der Waals surface area contributed by atoms with Gasteiger partial charge in [0.25, 0.3) is 0 Å². The van der Waals surface area contributed by atoms with Gasteiger partial charge in [-0.1, -0.05) is 54.6 Å². The fourth-order valence-electron chi connectivity index (χ4n) is 4.07. The highest BCUT2D eigenvalue weighted by atomic mass is 31.2. The summed E-state index contributed by atoms with van der Waals surface area (Å²) in [5, 5.41) is 0. The summed E-state index contributed by atoms with van der Waals surface area (Å²) < 4.78 is 44.5. The molecule has 0 unspecified atom stereocenters. The summed E-state index contributed by atoms with van der Waals surface area (Å²) in [6.07, 6.45) is -7.47. The molecule has 12 nitrogen and oxygen atoms in total. The Morgan fingerprint density at radius 2 is 1.07 bits per heavy atom. The summed E-state index contributed by atoms with van der Waals surface area (Å²) in [6.45, 7) is -0.796. The molecule has 3 aromatic rings. The van der Waals surface area contributed by atoms with Crippen molar-refractivity contribution >= 4 is 25.7 Å². The molecule has 0 saturated carbocycles. The molecule has 0 radical (unpaired) electrons. The zero-order valence-corrected chi connectivity index (χ0v) is 22.6. The van der Waals surface area contributed by atoms with E-state index in [-0.39, 0.29) is 16.7 Å². The van der Waals surface area contributed by atoms with E-state index in [4.69, 9.17) is 23.7 Å². The Labute approximate surface area is 234 Å². The molecule has 0 amide bonds. The molecule has 1 saturated heterocycles. The number of rotatable bonds is 10. The van der Waals surface area contributed by atoms with Gasteiger partial charge in [-0.25, -0.2) is 18.9 Å². The van der Waals surface area contributed by atoms with Gasteiger partial charge in [-0.05, 0) is 36.4 Å². The van der Waals surface area contributed by atoms with E-state index < -0.39 is 63.0 Å². The maximum atomic E-state index is 13.2. The number of ether oxygens (including phenoxy) is 5. The quantitative estimate of drug-likeness (QED) is 0.203. The standard InChI is InChI=1S/C28H27O12P/c1-35-28-24(40-27(31)20-15-9-4-10-16-20)23(39-26(30)19-13-7-3-8-14-19)22(21(37-28)17-36-41(32,33)34)38-25(29)18-11-5-2-6-12-18/h2-16,21-24,28H,17H2,1H3,(H2,32,33,34)/t21-,22-,23+,24-,28+/m1/s1. The lowest BCUT2D eigenvalue weighted by atomic mass is 9.97. The normalized spacial score (nSPS) is 22.4. The van der Waals surface area contributed by atoms with Crippen molar-refractivity contribution in [3.05, 3.63) is 108 Å². The Balaban J connectivity index is 1.73. The lowest BCUT2D eigenvalue weighted by molar-refractivity contribution is -0.291. The van der Waals surface area contributed by atoms with E-state index in [1.54, 1.807) is 54.6 Å². The van der Waals surface area contributed by atoms with Gasteiger partial charge in [-0.3, -0.25) is 4.52 Å². The van der Waals surface area contributed by atoms with Gasteiger partial charge >= 0.3 is 25.7 Å². The Bertz CT molecular complexity index is 1360. The minimum Gasteiger partial charge on any atom is -0.452 e. The van der Waals surface area contributed by atoms with Gasteiger partial charge < -0.3 is 33.5 Å². The van der Waals surface area contributed by atoms with Crippen LogP contribution in [0.1, 0.15) is 31.1 Å². The molecule has 1 aliphatic rings. The average Bonchev–Trinajstić information content (AvgIpc) is 2.98. The molecule has 0 aliphatic carbocycles. The summed E-state index contributed by atoms with van der Waals surface area (Å²) >= 11 is 0. The van der Waals surface area contributed by atoms with Crippen LogP contribution in [0.5, 0.6) is 0 Å². The lowest BCUT2D eigenvalue weighted by Gasteiger charge is -2.44. The van der Waals surface area contributed by atoms with Crippen LogP contribution in [0, 0.1) is 0 Å². The number of hydrogen-bond donors (Lipinski definition) is 2. The van der Waals surface area contributed by atoms with Gasteiger partial charge in [0.05, 0.1) is 23.3 Å². The number of esters is 3. The molecule has 2 N–H and O–H groups in total. The zero-order chi connectivity index (χ0) is 29.4. The van der Waals surface area contributed by atoms with Crippen molar-refractivity contribution in [1.29, 1.82) is 0 Å². The van der Waals surface area contributed by atoms with Crippen molar-refractivity contribution in [3.8, 4) is 0 Å². The van der Waals surface area contributed by atoms with E-state index in [0.29, 0.717) is 0 Å². The third-order valence-corrected chi connectivity index (χ3v) is 6.47. The number of phosphoric acid groups is 1. The number of carbonyl (C=O) groups excluding carboxylic acids is 3. The van der Waals surface area contributed by atoms with Crippen LogP contribution in [0.15, 0.2) is 91.0 Å². The summed E-state index contributed by atoms with van der Waals surface area (Å²) in [7, 11) is -3.78. The highest BCUT2D eigenvalue weighted by Crippen LogP contribution is 2.38. The van der Waals surface area contributed by atoms with E-state index in [2.05, 4.69) is 4.52 Å². The molecule has 4 rings (SSSR count). The van der Waals surface area contributed by atoms with Crippen molar-refractivity contribution in [1.82, 2.24) is 0 Å². The van der Waals surface area contributed by atoms with Crippen LogP contribution in [0.4, 0.5) is 0 Å². The predicted molar refractivity (Wildman–Crippen MR) is 141 cm³/mol. The van der Waals surface area contributed by atoms with E-state index in [1.165, 1.54) is 43.5 Å². The largest absolute Gasteiger partial charge is 0.469 e. The molecule has 13 heteroatoms. The predicted octanol–water partition coefficient (Wildman–Crippen LogP) is 3.14. The summed E-state index contributed by atoms with van der Waals surface area (Å²) in [5.41, 5.74) is 0.430. The first-order chi connectivity index (χ1) is 19.7. The van der Waals surface area contributed by atoms with E-state index in [0.717, 1.165) is 0 Å². The molecule has 5 atom stereocenters. The van der Waals surface area contributed by atoms with E-state index in [9.17, 15) is 28.7 Å². The Kier molecular flexibility index (Phi) is 10.0. The fraction of sp³-hybridized carbons (Fsp3) is 0.250. The van der Waals surface area contributed by atoms with Gasteiger partial charge in [-0.2, -0.15) is 0 Å². The van der Waals surface area contributed by atoms with E-state index >= 15 is 0 Å². The maximum absolute atomic E-state index is 13.2. The molecule has 0 spiro atoms. The van der Waals surface area contributed by atoms with Crippen LogP contribution in [0.25, 0.3) is 0 Å². The van der Waals surface area contributed by atoms with Gasteiger partial charge in [0.2, 0.25) is 0 Å². The highest BCUT2D eigenvalue weighted by Gasteiger charge is 2.53. The Morgan fingerprint density at radius 1 is 0.683 bits per heavy atom. The van der Waals surface area contributed by atoms with Crippen molar-refractivity contribution in [3.63, 3.8) is 0 Å². The number of phosphoric ester groups is 1. The van der Waals surface area contributed by atoms with Crippen LogP contribution in [-0.4, -0.2) is 72.1 Å². The molecule has 0 bridgehead atoms. The van der Waals surface area contributed by atoms with Crippen LogP contribution in [-0.2, 0) is 32.8 Å². The van der Waals surface area contributed by atoms with Gasteiger partial charge in [-0.15, -0.1) is 0 Å². The molecule has 216 valence electrons. The SMILES string of the molecule is CO[C@H]1O[C@H](COP(=O)(O)O)[C@@H](OC(=O)c2ccccc2)[C@H](OC(=O)c2ccccc2)[C@H]1OC(=O)c1ccccc1. The third-order valence-electron chi connectivity index (χ3n) is 5.99. The first-order valence-electron chi connectivity index (χ1n) is 12.3. The van der Waals surface area contributed by atoms with E-state index in [1.807, 2.05) is 0 Å². The molecule has 0 aromatic heterocycles. The second-order valence-corrected chi connectivity index (χ2v) is 10.0. The maximum Gasteiger partial charge on any atom is 0.469 e. The Hall–Kier alpha value is -3.90. The lowest BCUT2D eigenvalue weighted by Crippen LogP contribution is -2.62. The van der Waals surface area contributed by atoms with Crippen molar-refractivity contribution < 1.29 is 56.9 Å². The smallest absolute Gasteiger partial charge is 0.452 e. The van der Waals surface area contributed by atoms with Crippen molar-refractivity contribution in [2.75, 3.05) is 13.7 Å². The summed E-state index contributed by atoms with van der Waals surface area (Å²) in [4.78, 5) is 58.0. The van der Waals surface area contributed by atoms with Crippen LogP contribution in [0.3, 0.4) is 0 Å². The average molecular weight is 586 g/mol. The zero-order valence-electron chi connectivity index (χ0n) is 21.7. The van der Waals surface area contributed by atoms with Crippen molar-refractivity contribution in [2.45, 2.75) is 30.7 Å². The molecular formula is C28H27O12P. The van der Waals surface area contributed by atoms with Crippen LogP contribution >= 0.6 is 7.82 Å². The summed E-state index contributed by atoms with van der Waals surface area (Å²) in [6, 6.07) is 23.7. The summed E-state index contributed by atoms with van der Waals surface area (Å²) in [5.74, 6) is -2.55. The number of carbonyl (C=O) groups is 3. The van der Waals surface area contributed by atoms with Crippen LogP contribution in [0.2, 0.25) is 0 Å². The third kappa shape index (κ3) is 8.08. The molecule has 41 heavy (non-hydrogen) atoms. The molecule has 1 aliphatic heterocycles. The molecule has 3 aromatic carbocycles. The minimum absolute atomic E-state index is 0.127. The van der Waals surface area contributed by atoms with Gasteiger partial charge in [0.1, 0.15) is 6.10 Å². The monoisotopic (exact) mass is 586 g/mol. The second kappa shape index (κ2) is 13.6. The molecule has 1 heterocycles. The number of methoxy groups -OCH3 is 1. The number of benzene rings is 3. The van der Waals surface area contributed by atoms with Crippen LogP contribution < -0.4 is 0 Å². The van der Waals surface area contributed by atoms with Gasteiger partial charge in [0.15, 0.2) is 24.6 Å². The first kappa shape index (κ1) is 30.1. The van der Waals surface area contributed by atoms with Crippen molar-refractivity contribution in [2.24, 2.45) is 0 Å². The molecule has 1 fully saturated rings. The second-order valence-electron chi connectivity index (χ2n) is 8.77. The first-order valence-corrected chi connectivity index (χ1v) is 13.9. The highest BCUT2D eigenvalue weighted by molar-refractivity contribution is 7.46. The topological polar surface area (TPSA) is 164 Å².